The van der Waals surface area contributed by atoms with E-state index in [2.05, 4.69) is 24.3 Å². The number of hydrogen-bond acceptors (Lipinski definition) is 4. The minimum absolute atomic E-state index is 0.676. The highest BCUT2D eigenvalue weighted by Gasteiger charge is 2.16. The molecule has 0 aromatic heterocycles. The van der Waals surface area contributed by atoms with Crippen molar-refractivity contribution in [2.45, 2.75) is 32.3 Å². The lowest BCUT2D eigenvalue weighted by Gasteiger charge is -2.06. The molecule has 0 radical (unpaired) electrons. The first-order valence-corrected chi connectivity index (χ1v) is 7.32. The normalized spacial score (nSPS) is 12.7. The Kier molecular flexibility index (Phi) is 8.60. The molecule has 2 aromatic carbocycles. The zero-order chi connectivity index (χ0) is 17.1. The lowest BCUT2D eigenvalue weighted by molar-refractivity contribution is -0.140. The second-order valence-corrected chi connectivity index (χ2v) is 5.07. The van der Waals surface area contributed by atoms with Gasteiger partial charge in [-0.15, -0.1) is 0 Å². The number of aliphatic carboxylic acids is 1. The van der Waals surface area contributed by atoms with E-state index in [4.69, 9.17) is 20.7 Å². The largest absolute Gasteiger partial charge is 0.480 e. The van der Waals surface area contributed by atoms with E-state index >= 15 is 0 Å². The van der Waals surface area contributed by atoms with Crippen molar-refractivity contribution in [1.82, 2.24) is 0 Å². The predicted octanol–water partition coefficient (Wildman–Crippen LogP) is 2.18. The van der Waals surface area contributed by atoms with Crippen LogP contribution in [0.1, 0.15) is 18.1 Å². The maximum absolute atomic E-state index is 9.86. The van der Waals surface area contributed by atoms with Gasteiger partial charge in [0.1, 0.15) is 6.04 Å². The molecule has 0 amide bonds. The highest BCUT2D eigenvalue weighted by molar-refractivity contribution is 5.73. The maximum Gasteiger partial charge on any atom is 0.323 e. The third-order valence-corrected chi connectivity index (χ3v) is 3.03. The van der Waals surface area contributed by atoms with Gasteiger partial charge in [0.2, 0.25) is 0 Å². The third-order valence-electron chi connectivity index (χ3n) is 3.03. The van der Waals surface area contributed by atoms with Crippen molar-refractivity contribution in [3.8, 4) is 0 Å². The smallest absolute Gasteiger partial charge is 0.323 e. The average molecular weight is 317 g/mol. The predicted molar refractivity (Wildman–Crippen MR) is 88.7 cm³/mol. The molecule has 5 nitrogen and oxygen atoms in total. The van der Waals surface area contributed by atoms with Gasteiger partial charge in [-0.3, -0.25) is 4.79 Å². The standard InChI is InChI=1S/C14H14O.C4H9NO3/c1-3-7-13(8-4-1)11-15-12-14-9-5-2-6-10-14;1-2(6)3(5)4(7)8/h1-10H,11-12H2;2-3,6H,5H2,1H3,(H,7,8). The molecule has 2 atom stereocenters. The quantitative estimate of drug-likeness (QED) is 0.759. The molecule has 0 fully saturated rings. The summed E-state index contributed by atoms with van der Waals surface area (Å²) in [6.07, 6.45) is -0.979. The Morgan fingerprint density at radius 1 is 1.00 bits per heavy atom. The Morgan fingerprint density at radius 3 is 1.65 bits per heavy atom. The molecule has 0 aliphatic carbocycles. The van der Waals surface area contributed by atoms with Crippen LogP contribution in [0.15, 0.2) is 60.7 Å². The Hall–Kier alpha value is -2.21. The molecule has 124 valence electrons. The van der Waals surface area contributed by atoms with Crippen molar-refractivity contribution in [1.29, 1.82) is 0 Å². The number of aliphatic hydroxyl groups excluding tert-OH is 1. The van der Waals surface area contributed by atoms with Gasteiger partial charge in [0, 0.05) is 0 Å². The third kappa shape index (κ3) is 8.11. The number of carbonyl (C=O) groups is 1. The second-order valence-electron chi connectivity index (χ2n) is 5.07. The van der Waals surface area contributed by atoms with Crippen LogP contribution >= 0.6 is 0 Å². The van der Waals surface area contributed by atoms with Crippen LogP contribution < -0.4 is 5.73 Å². The number of nitrogens with two attached hydrogens (primary N) is 1. The number of carboxylic acid groups (broad SMARTS) is 1. The van der Waals surface area contributed by atoms with Crippen LogP contribution in [0.4, 0.5) is 0 Å². The van der Waals surface area contributed by atoms with Gasteiger partial charge in [0.25, 0.3) is 0 Å². The van der Waals surface area contributed by atoms with Gasteiger partial charge in [-0.1, -0.05) is 60.7 Å². The van der Waals surface area contributed by atoms with E-state index in [-0.39, 0.29) is 0 Å². The zero-order valence-electron chi connectivity index (χ0n) is 13.1. The summed E-state index contributed by atoms with van der Waals surface area (Å²) in [4.78, 5) is 9.86. The van der Waals surface area contributed by atoms with E-state index in [1.54, 1.807) is 0 Å². The summed E-state index contributed by atoms with van der Waals surface area (Å²) in [7, 11) is 0. The fourth-order valence-corrected chi connectivity index (χ4v) is 1.64. The molecule has 0 saturated carbocycles. The second kappa shape index (κ2) is 10.5. The van der Waals surface area contributed by atoms with Crippen LogP contribution in [0.3, 0.4) is 0 Å². The molecule has 0 heterocycles. The number of aliphatic hydroxyl groups is 1. The molecule has 2 rings (SSSR count). The van der Waals surface area contributed by atoms with Crippen LogP contribution in [-0.2, 0) is 22.7 Å². The molecule has 0 saturated heterocycles. The number of ether oxygens (including phenoxy) is 1. The summed E-state index contributed by atoms with van der Waals surface area (Å²) in [6.45, 7) is 2.68. The summed E-state index contributed by atoms with van der Waals surface area (Å²) < 4.78 is 5.61. The van der Waals surface area contributed by atoms with Gasteiger partial charge in [-0.05, 0) is 18.1 Å². The minimum Gasteiger partial charge on any atom is -0.480 e. The first-order valence-electron chi connectivity index (χ1n) is 7.32. The monoisotopic (exact) mass is 317 g/mol. The highest BCUT2D eigenvalue weighted by atomic mass is 16.5. The molecular formula is C18H23NO4. The van der Waals surface area contributed by atoms with Crippen LogP contribution in [0.2, 0.25) is 0 Å². The SMILES string of the molecule is CC(O)C(N)C(=O)O.c1ccc(COCc2ccccc2)cc1. The van der Waals surface area contributed by atoms with E-state index in [1.807, 2.05) is 36.4 Å². The molecule has 5 heteroatoms. The molecule has 0 bridgehead atoms. The summed E-state index contributed by atoms with van der Waals surface area (Å²) in [5.41, 5.74) is 7.34. The fraction of sp³-hybridized carbons (Fsp3) is 0.278. The van der Waals surface area contributed by atoms with Gasteiger partial charge >= 0.3 is 5.97 Å². The Bertz CT molecular complexity index is 518. The zero-order valence-corrected chi connectivity index (χ0v) is 13.1. The minimum atomic E-state index is -1.18. The Morgan fingerprint density at radius 2 is 1.39 bits per heavy atom. The summed E-state index contributed by atoms with van der Waals surface area (Å²) in [6, 6.07) is 19.3. The van der Waals surface area contributed by atoms with Gasteiger partial charge in [0.05, 0.1) is 19.3 Å². The van der Waals surface area contributed by atoms with Crippen molar-refractivity contribution in [3.63, 3.8) is 0 Å². The van der Waals surface area contributed by atoms with Gasteiger partial charge in [-0.25, -0.2) is 0 Å². The topological polar surface area (TPSA) is 92.8 Å². The highest BCUT2D eigenvalue weighted by Crippen LogP contribution is 2.05. The molecule has 0 aliphatic rings. The van der Waals surface area contributed by atoms with E-state index in [0.717, 1.165) is 0 Å². The maximum atomic E-state index is 9.86. The van der Waals surface area contributed by atoms with Crippen LogP contribution in [0.25, 0.3) is 0 Å². The van der Waals surface area contributed by atoms with Crippen LogP contribution in [0.5, 0.6) is 0 Å². The van der Waals surface area contributed by atoms with E-state index in [9.17, 15) is 4.79 Å². The summed E-state index contributed by atoms with van der Waals surface area (Å²) >= 11 is 0. The number of carboxylic acids is 1. The van der Waals surface area contributed by atoms with Gasteiger partial charge < -0.3 is 20.7 Å². The van der Waals surface area contributed by atoms with Gasteiger partial charge in [-0.2, -0.15) is 0 Å². The molecule has 2 unspecified atom stereocenters. The van der Waals surface area contributed by atoms with Crippen molar-refractivity contribution in [2.24, 2.45) is 5.73 Å². The lowest BCUT2D eigenvalue weighted by Crippen LogP contribution is -2.39. The molecule has 0 spiro atoms. The average Bonchev–Trinajstić information content (AvgIpc) is 2.56. The summed E-state index contributed by atoms with van der Waals surface area (Å²) in [5.74, 6) is -1.18. The first kappa shape index (κ1) is 18.8. The Balaban J connectivity index is 0.000000284. The van der Waals surface area contributed by atoms with Gasteiger partial charge in [0.15, 0.2) is 0 Å². The molecule has 23 heavy (non-hydrogen) atoms. The molecule has 2 aromatic rings. The number of rotatable bonds is 6. The molecule has 0 aliphatic heterocycles. The Labute approximate surface area is 136 Å². The fourth-order valence-electron chi connectivity index (χ4n) is 1.64. The number of benzene rings is 2. The van der Waals surface area contributed by atoms with Crippen molar-refractivity contribution < 1.29 is 19.7 Å². The van der Waals surface area contributed by atoms with Crippen molar-refractivity contribution in [2.75, 3.05) is 0 Å². The number of hydrogen-bond donors (Lipinski definition) is 3. The molecule has 4 N–H and O–H groups in total. The van der Waals surface area contributed by atoms with E-state index in [0.29, 0.717) is 13.2 Å². The molecular weight excluding hydrogens is 294 g/mol. The summed E-state index contributed by atoms with van der Waals surface area (Å²) in [5, 5.41) is 16.6. The first-order chi connectivity index (χ1) is 11.0. The van der Waals surface area contributed by atoms with Crippen molar-refractivity contribution >= 4 is 5.97 Å². The van der Waals surface area contributed by atoms with E-state index < -0.39 is 18.1 Å². The van der Waals surface area contributed by atoms with Crippen LogP contribution in [0, 0.1) is 0 Å². The van der Waals surface area contributed by atoms with E-state index in [1.165, 1.54) is 18.1 Å². The lowest BCUT2D eigenvalue weighted by atomic mass is 10.2. The van der Waals surface area contributed by atoms with Crippen molar-refractivity contribution in [3.05, 3.63) is 71.8 Å². The van der Waals surface area contributed by atoms with Crippen LogP contribution in [-0.4, -0.2) is 28.3 Å².